The molecular weight excluding hydrogens is 512 g/mol. The zero-order chi connectivity index (χ0) is 26.8. The Balaban J connectivity index is 1.32. The van der Waals surface area contributed by atoms with Gasteiger partial charge in [-0.2, -0.15) is 0 Å². The number of aromatic nitrogens is 2. The second-order valence-electron chi connectivity index (χ2n) is 9.57. The fourth-order valence-corrected chi connectivity index (χ4v) is 5.19. The van der Waals surface area contributed by atoms with E-state index in [2.05, 4.69) is 39.8 Å². The van der Waals surface area contributed by atoms with Gasteiger partial charge in [0.1, 0.15) is 11.4 Å². The fourth-order valence-electron chi connectivity index (χ4n) is 5.06. The fraction of sp³-hybridized carbons (Fsp3) is 0.226. The Morgan fingerprint density at radius 3 is 2.49 bits per heavy atom. The smallest absolute Gasteiger partial charge is 0.289 e. The summed E-state index contributed by atoms with van der Waals surface area (Å²) in [7, 11) is 0. The van der Waals surface area contributed by atoms with E-state index in [1.165, 1.54) is 6.26 Å². The van der Waals surface area contributed by atoms with Crippen molar-refractivity contribution in [3.8, 4) is 28.1 Å². The highest BCUT2D eigenvalue weighted by Crippen LogP contribution is 2.30. The minimum Gasteiger partial charge on any atom is -0.494 e. The predicted molar refractivity (Wildman–Crippen MR) is 152 cm³/mol. The summed E-state index contributed by atoms with van der Waals surface area (Å²) in [5.41, 5.74) is 6.10. The normalized spacial score (nSPS) is 14.2. The Morgan fingerprint density at radius 2 is 1.74 bits per heavy atom. The summed E-state index contributed by atoms with van der Waals surface area (Å²) in [5, 5.41) is 0.692. The van der Waals surface area contributed by atoms with Crippen LogP contribution < -0.4 is 4.74 Å². The number of amides is 1. The molecule has 2 aromatic carbocycles. The van der Waals surface area contributed by atoms with Crippen LogP contribution >= 0.6 is 11.6 Å². The summed E-state index contributed by atoms with van der Waals surface area (Å²) in [5.74, 6) is 1.18. The number of furan rings is 1. The summed E-state index contributed by atoms with van der Waals surface area (Å²) in [4.78, 5) is 22.0. The molecule has 0 N–H and O–H groups in total. The van der Waals surface area contributed by atoms with Crippen LogP contribution in [0.5, 0.6) is 5.75 Å². The van der Waals surface area contributed by atoms with E-state index in [1.807, 2.05) is 48.2 Å². The van der Waals surface area contributed by atoms with E-state index in [0.29, 0.717) is 37.0 Å². The first-order chi connectivity index (χ1) is 19.1. The van der Waals surface area contributed by atoms with Crippen molar-refractivity contribution in [1.29, 1.82) is 0 Å². The van der Waals surface area contributed by atoms with Crippen LogP contribution in [0.15, 0.2) is 89.7 Å². The van der Waals surface area contributed by atoms with E-state index in [4.69, 9.17) is 25.7 Å². The third-order valence-corrected chi connectivity index (χ3v) is 7.33. The van der Waals surface area contributed by atoms with E-state index in [-0.39, 0.29) is 5.91 Å². The average molecular weight is 541 g/mol. The van der Waals surface area contributed by atoms with Crippen LogP contribution in [0, 0.1) is 0 Å². The first kappa shape index (κ1) is 25.2. The maximum absolute atomic E-state index is 12.7. The van der Waals surface area contributed by atoms with Gasteiger partial charge in [-0.05, 0) is 66.6 Å². The van der Waals surface area contributed by atoms with E-state index >= 15 is 0 Å². The lowest BCUT2D eigenvalue weighted by atomic mass is 10.1. The molecule has 1 fully saturated rings. The molecule has 0 aliphatic carbocycles. The van der Waals surface area contributed by atoms with Crippen LogP contribution in [0.1, 0.15) is 23.2 Å². The van der Waals surface area contributed by atoms with Gasteiger partial charge < -0.3 is 18.5 Å². The number of imidazole rings is 1. The maximum Gasteiger partial charge on any atom is 0.289 e. The lowest BCUT2D eigenvalue weighted by Gasteiger charge is -2.34. The third kappa shape index (κ3) is 5.28. The van der Waals surface area contributed by atoms with Crippen LogP contribution in [0.2, 0.25) is 5.02 Å². The Morgan fingerprint density at radius 1 is 0.949 bits per heavy atom. The first-order valence-corrected chi connectivity index (χ1v) is 13.5. The molecule has 1 saturated heterocycles. The lowest BCUT2D eigenvalue weighted by Crippen LogP contribution is -2.48. The minimum absolute atomic E-state index is 0.0600. The standard InChI is InChI=1S/C31H29ClN4O3/c1-2-38-26-6-3-5-23(19-26)24-10-13-29-33-30(22-8-11-25(32)12-9-22)27(36(29)20-24)21-34-14-16-35(17-15-34)31(37)28-7-4-18-39-28/h3-13,18-20H,2,14-17,21H2,1H3. The third-order valence-electron chi connectivity index (χ3n) is 7.08. The van der Waals surface area contributed by atoms with Crippen molar-refractivity contribution in [3.63, 3.8) is 0 Å². The molecule has 39 heavy (non-hydrogen) atoms. The summed E-state index contributed by atoms with van der Waals surface area (Å²) < 4.78 is 13.2. The molecule has 4 heterocycles. The van der Waals surface area contributed by atoms with Crippen molar-refractivity contribution < 1.29 is 13.9 Å². The van der Waals surface area contributed by atoms with Crippen molar-refractivity contribution in [3.05, 3.63) is 102 Å². The molecule has 0 unspecified atom stereocenters. The Hall–Kier alpha value is -4.07. The number of piperazine rings is 1. The summed E-state index contributed by atoms with van der Waals surface area (Å²) in [6.45, 7) is 6.11. The average Bonchev–Trinajstić information content (AvgIpc) is 3.63. The van der Waals surface area contributed by atoms with E-state index in [1.54, 1.807) is 12.1 Å². The molecule has 0 bridgehead atoms. The zero-order valence-electron chi connectivity index (χ0n) is 21.7. The number of ether oxygens (including phenoxy) is 1. The van der Waals surface area contributed by atoms with Gasteiger partial charge in [0.05, 0.1) is 24.3 Å². The highest BCUT2D eigenvalue weighted by Gasteiger charge is 2.25. The van der Waals surface area contributed by atoms with Gasteiger partial charge in [0.2, 0.25) is 0 Å². The van der Waals surface area contributed by atoms with Gasteiger partial charge in [-0.3, -0.25) is 9.69 Å². The summed E-state index contributed by atoms with van der Waals surface area (Å²) in [6, 6.07) is 23.6. The number of halogens is 1. The molecule has 0 atom stereocenters. The van der Waals surface area contributed by atoms with Crippen molar-refractivity contribution in [2.75, 3.05) is 32.8 Å². The number of carbonyl (C=O) groups is 1. The SMILES string of the molecule is CCOc1cccc(-c2ccc3nc(-c4ccc(Cl)cc4)c(CN4CCN(C(=O)c5ccco5)CC4)n3c2)c1. The van der Waals surface area contributed by atoms with Crippen LogP contribution in [0.25, 0.3) is 28.0 Å². The van der Waals surface area contributed by atoms with Crippen molar-refractivity contribution in [2.45, 2.75) is 13.5 Å². The van der Waals surface area contributed by atoms with Crippen molar-refractivity contribution >= 4 is 23.2 Å². The molecule has 1 amide bonds. The molecule has 5 aromatic rings. The lowest BCUT2D eigenvalue weighted by molar-refractivity contribution is 0.0596. The molecular formula is C31H29ClN4O3. The zero-order valence-corrected chi connectivity index (χ0v) is 22.5. The Labute approximate surface area is 232 Å². The number of hydrogen-bond donors (Lipinski definition) is 0. The second-order valence-corrected chi connectivity index (χ2v) is 10.0. The number of carbonyl (C=O) groups excluding carboxylic acids is 1. The van der Waals surface area contributed by atoms with Gasteiger partial charge in [0, 0.05) is 49.5 Å². The van der Waals surface area contributed by atoms with Crippen molar-refractivity contribution in [1.82, 2.24) is 19.2 Å². The highest BCUT2D eigenvalue weighted by molar-refractivity contribution is 6.30. The second kappa shape index (κ2) is 11.0. The van der Waals surface area contributed by atoms with Gasteiger partial charge in [0.25, 0.3) is 5.91 Å². The molecule has 198 valence electrons. The maximum atomic E-state index is 12.7. The molecule has 8 heteroatoms. The van der Waals surface area contributed by atoms with Crippen LogP contribution in [0.4, 0.5) is 0 Å². The first-order valence-electron chi connectivity index (χ1n) is 13.1. The van der Waals surface area contributed by atoms with Crippen LogP contribution in [0.3, 0.4) is 0 Å². The predicted octanol–water partition coefficient (Wildman–Crippen LogP) is 6.27. The number of benzene rings is 2. The number of pyridine rings is 1. The van der Waals surface area contributed by atoms with Crippen molar-refractivity contribution in [2.24, 2.45) is 0 Å². The quantitative estimate of drug-likeness (QED) is 0.243. The van der Waals surface area contributed by atoms with E-state index in [9.17, 15) is 4.79 Å². The molecule has 0 radical (unpaired) electrons. The monoisotopic (exact) mass is 540 g/mol. The highest BCUT2D eigenvalue weighted by atomic mass is 35.5. The van der Waals surface area contributed by atoms with Gasteiger partial charge in [-0.1, -0.05) is 35.9 Å². The summed E-state index contributed by atoms with van der Waals surface area (Å²) in [6.07, 6.45) is 3.69. The molecule has 3 aromatic heterocycles. The molecule has 0 saturated carbocycles. The number of rotatable bonds is 7. The number of fused-ring (bicyclic) bond motifs is 1. The van der Waals surface area contributed by atoms with E-state index < -0.39 is 0 Å². The largest absolute Gasteiger partial charge is 0.494 e. The van der Waals surface area contributed by atoms with E-state index in [0.717, 1.165) is 52.6 Å². The molecule has 1 aliphatic rings. The molecule has 1 aliphatic heterocycles. The minimum atomic E-state index is -0.0600. The van der Waals surface area contributed by atoms with Gasteiger partial charge in [-0.25, -0.2) is 4.98 Å². The van der Waals surface area contributed by atoms with Crippen LogP contribution in [-0.2, 0) is 6.54 Å². The Kier molecular flexibility index (Phi) is 7.09. The molecule has 6 rings (SSSR count). The van der Waals surface area contributed by atoms with Gasteiger partial charge in [-0.15, -0.1) is 0 Å². The molecule has 0 spiro atoms. The number of nitrogens with zero attached hydrogens (tertiary/aromatic N) is 4. The topological polar surface area (TPSA) is 63.2 Å². The van der Waals surface area contributed by atoms with Gasteiger partial charge in [0.15, 0.2) is 5.76 Å². The summed E-state index contributed by atoms with van der Waals surface area (Å²) >= 11 is 6.19. The Bertz CT molecular complexity index is 1590. The van der Waals surface area contributed by atoms with Gasteiger partial charge >= 0.3 is 0 Å². The molecule has 7 nitrogen and oxygen atoms in total. The number of hydrogen-bond acceptors (Lipinski definition) is 5. The van der Waals surface area contributed by atoms with Crippen LogP contribution in [-0.4, -0.2) is 57.9 Å².